The summed E-state index contributed by atoms with van der Waals surface area (Å²) in [5.74, 6) is -0.736. The molecule has 0 amide bonds. The molecule has 0 bridgehead atoms. The maximum absolute atomic E-state index is 10.8. The zero-order chi connectivity index (χ0) is 14.4. The van der Waals surface area contributed by atoms with E-state index < -0.39 is 5.97 Å². The van der Waals surface area contributed by atoms with Crippen LogP contribution in [-0.2, 0) is 4.79 Å². The minimum atomic E-state index is -0.804. The summed E-state index contributed by atoms with van der Waals surface area (Å²) in [7, 11) is 0. The van der Waals surface area contributed by atoms with E-state index in [1.165, 1.54) is 17.3 Å². The number of carboxylic acid groups (broad SMARTS) is 1. The lowest BCUT2D eigenvalue weighted by Gasteiger charge is -2.19. The van der Waals surface area contributed by atoms with Crippen molar-refractivity contribution in [2.75, 3.05) is 11.1 Å². The Morgan fingerprint density at radius 1 is 1.15 bits per heavy atom. The number of carbonyl (C=O) groups is 1. The third kappa shape index (κ3) is 4.31. The van der Waals surface area contributed by atoms with Crippen LogP contribution in [0.4, 0.5) is 5.69 Å². The molecule has 0 spiro atoms. The highest BCUT2D eigenvalue weighted by Gasteiger charge is 2.13. The van der Waals surface area contributed by atoms with Gasteiger partial charge in [-0.05, 0) is 24.6 Å². The fourth-order valence-electron chi connectivity index (χ4n) is 1.80. The lowest BCUT2D eigenvalue weighted by molar-refractivity contribution is -0.133. The van der Waals surface area contributed by atoms with Gasteiger partial charge in [-0.15, -0.1) is 11.8 Å². The molecule has 0 heterocycles. The van der Waals surface area contributed by atoms with Crippen LogP contribution in [0.3, 0.4) is 0 Å². The van der Waals surface area contributed by atoms with E-state index in [1.807, 2.05) is 61.5 Å². The van der Waals surface area contributed by atoms with Gasteiger partial charge in [0.05, 0.1) is 11.1 Å². The van der Waals surface area contributed by atoms with Crippen molar-refractivity contribution >= 4 is 23.4 Å². The Kier molecular flexibility index (Phi) is 5.07. The van der Waals surface area contributed by atoms with Gasteiger partial charge < -0.3 is 10.4 Å². The van der Waals surface area contributed by atoms with Gasteiger partial charge in [0, 0.05) is 5.69 Å². The monoisotopic (exact) mass is 287 g/mol. The molecule has 1 unspecified atom stereocenters. The SMILES string of the molecule is Cc1ccc(C(Nc2ccccc2)SCC(=O)O)cc1. The fourth-order valence-corrected chi connectivity index (χ4v) is 2.68. The lowest BCUT2D eigenvalue weighted by atomic mass is 10.1. The first kappa shape index (κ1) is 14.5. The predicted molar refractivity (Wildman–Crippen MR) is 84.1 cm³/mol. The van der Waals surface area contributed by atoms with Crippen molar-refractivity contribution in [3.63, 3.8) is 0 Å². The molecule has 2 N–H and O–H groups in total. The quantitative estimate of drug-likeness (QED) is 0.791. The maximum Gasteiger partial charge on any atom is 0.313 e. The third-order valence-electron chi connectivity index (χ3n) is 2.83. The van der Waals surface area contributed by atoms with Crippen LogP contribution >= 0.6 is 11.8 Å². The van der Waals surface area contributed by atoms with E-state index >= 15 is 0 Å². The molecule has 0 aliphatic carbocycles. The molecule has 0 aromatic heterocycles. The summed E-state index contributed by atoms with van der Waals surface area (Å²) in [5, 5.41) is 12.2. The summed E-state index contributed by atoms with van der Waals surface area (Å²) in [6.45, 7) is 2.04. The van der Waals surface area contributed by atoms with E-state index in [-0.39, 0.29) is 11.1 Å². The van der Waals surface area contributed by atoms with E-state index in [4.69, 9.17) is 5.11 Å². The van der Waals surface area contributed by atoms with E-state index in [0.29, 0.717) is 0 Å². The van der Waals surface area contributed by atoms with Gasteiger partial charge in [0.25, 0.3) is 0 Å². The summed E-state index contributed by atoms with van der Waals surface area (Å²) in [6.07, 6.45) is 0. The van der Waals surface area contributed by atoms with Crippen molar-refractivity contribution in [3.8, 4) is 0 Å². The van der Waals surface area contributed by atoms with E-state index in [1.54, 1.807) is 0 Å². The zero-order valence-electron chi connectivity index (χ0n) is 11.2. The molecule has 2 aromatic carbocycles. The second-order valence-corrected chi connectivity index (χ2v) is 5.60. The minimum Gasteiger partial charge on any atom is -0.481 e. The molecular formula is C16H17NO2S. The number of rotatable bonds is 6. The second-order valence-electron chi connectivity index (χ2n) is 4.51. The molecule has 20 heavy (non-hydrogen) atoms. The summed E-state index contributed by atoms with van der Waals surface area (Å²) in [6, 6.07) is 18.0. The predicted octanol–water partition coefficient (Wildman–Crippen LogP) is 3.92. The van der Waals surface area contributed by atoms with Gasteiger partial charge in [0.1, 0.15) is 0 Å². The smallest absolute Gasteiger partial charge is 0.313 e. The maximum atomic E-state index is 10.8. The van der Waals surface area contributed by atoms with Crippen molar-refractivity contribution in [2.45, 2.75) is 12.3 Å². The number of anilines is 1. The topological polar surface area (TPSA) is 49.3 Å². The number of aryl methyl sites for hydroxylation is 1. The van der Waals surface area contributed by atoms with Crippen molar-refractivity contribution in [2.24, 2.45) is 0 Å². The standard InChI is InChI=1S/C16H17NO2S/c1-12-7-9-13(10-8-12)16(20-11-15(18)19)17-14-5-3-2-4-6-14/h2-10,16-17H,11H2,1H3,(H,18,19). The first-order valence-electron chi connectivity index (χ1n) is 6.37. The van der Waals surface area contributed by atoms with Crippen molar-refractivity contribution in [3.05, 3.63) is 65.7 Å². The molecule has 4 heteroatoms. The first-order valence-corrected chi connectivity index (χ1v) is 7.41. The number of thioether (sulfide) groups is 1. The summed E-state index contributed by atoms with van der Waals surface area (Å²) in [4.78, 5) is 10.8. The zero-order valence-corrected chi connectivity index (χ0v) is 12.1. The Labute approximate surface area is 123 Å². The highest BCUT2D eigenvalue weighted by Crippen LogP contribution is 2.30. The number of carboxylic acids is 1. The van der Waals surface area contributed by atoms with Crippen LogP contribution in [-0.4, -0.2) is 16.8 Å². The highest BCUT2D eigenvalue weighted by atomic mass is 32.2. The van der Waals surface area contributed by atoms with E-state index in [9.17, 15) is 4.79 Å². The molecule has 0 saturated carbocycles. The fraction of sp³-hybridized carbons (Fsp3) is 0.188. The Morgan fingerprint density at radius 2 is 1.80 bits per heavy atom. The second kappa shape index (κ2) is 7.01. The number of nitrogens with one attached hydrogen (secondary N) is 1. The van der Waals surface area contributed by atoms with E-state index in [2.05, 4.69) is 5.32 Å². The van der Waals surface area contributed by atoms with Gasteiger partial charge in [-0.2, -0.15) is 0 Å². The van der Waals surface area contributed by atoms with Crippen LogP contribution in [0.15, 0.2) is 54.6 Å². The largest absolute Gasteiger partial charge is 0.481 e. The van der Waals surface area contributed by atoms with Gasteiger partial charge >= 0.3 is 5.97 Å². The summed E-state index contributed by atoms with van der Waals surface area (Å²) < 4.78 is 0. The van der Waals surface area contributed by atoms with Gasteiger partial charge in [-0.25, -0.2) is 0 Å². The number of benzene rings is 2. The molecule has 0 aliphatic rings. The summed E-state index contributed by atoms with van der Waals surface area (Å²) >= 11 is 1.37. The van der Waals surface area contributed by atoms with Crippen LogP contribution < -0.4 is 5.32 Å². The number of hydrogen-bond donors (Lipinski definition) is 2. The third-order valence-corrected chi connectivity index (χ3v) is 3.96. The first-order chi connectivity index (χ1) is 9.65. The minimum absolute atomic E-state index is 0.0678. The normalized spacial score (nSPS) is 11.8. The van der Waals surface area contributed by atoms with Crippen LogP contribution in [0.25, 0.3) is 0 Å². The van der Waals surface area contributed by atoms with Crippen molar-refractivity contribution < 1.29 is 9.90 Å². The van der Waals surface area contributed by atoms with Crippen LogP contribution in [0.2, 0.25) is 0 Å². The van der Waals surface area contributed by atoms with Crippen molar-refractivity contribution in [1.29, 1.82) is 0 Å². The van der Waals surface area contributed by atoms with E-state index in [0.717, 1.165) is 11.3 Å². The average Bonchev–Trinajstić information content (AvgIpc) is 2.45. The Bertz CT molecular complexity index is 554. The van der Waals surface area contributed by atoms with Gasteiger partial charge in [-0.3, -0.25) is 4.79 Å². The van der Waals surface area contributed by atoms with Crippen LogP contribution in [0.1, 0.15) is 16.5 Å². The molecule has 104 valence electrons. The molecule has 3 nitrogen and oxygen atoms in total. The van der Waals surface area contributed by atoms with Crippen LogP contribution in [0, 0.1) is 6.92 Å². The number of aliphatic carboxylic acids is 1. The molecule has 2 rings (SSSR count). The van der Waals surface area contributed by atoms with Gasteiger partial charge in [0.15, 0.2) is 0 Å². The molecule has 0 radical (unpaired) electrons. The summed E-state index contributed by atoms with van der Waals surface area (Å²) in [5.41, 5.74) is 3.25. The Hall–Kier alpha value is -1.94. The van der Waals surface area contributed by atoms with Crippen LogP contribution in [0.5, 0.6) is 0 Å². The Balaban J connectivity index is 2.15. The Morgan fingerprint density at radius 3 is 2.40 bits per heavy atom. The molecular weight excluding hydrogens is 270 g/mol. The molecule has 0 aliphatic heterocycles. The number of para-hydroxylation sites is 1. The molecule has 0 fully saturated rings. The number of hydrogen-bond acceptors (Lipinski definition) is 3. The highest BCUT2D eigenvalue weighted by molar-refractivity contribution is 8.00. The average molecular weight is 287 g/mol. The molecule has 1 atom stereocenters. The van der Waals surface area contributed by atoms with Gasteiger partial charge in [0.2, 0.25) is 0 Å². The van der Waals surface area contributed by atoms with Gasteiger partial charge in [-0.1, -0.05) is 48.0 Å². The van der Waals surface area contributed by atoms with Crippen molar-refractivity contribution in [1.82, 2.24) is 0 Å². The lowest BCUT2D eigenvalue weighted by Crippen LogP contribution is -2.10. The molecule has 0 saturated heterocycles. The molecule has 2 aromatic rings.